The fourth-order valence-corrected chi connectivity index (χ4v) is 3.50. The minimum Gasteiger partial charge on any atom is -0.507 e. The zero-order chi connectivity index (χ0) is 21.3. The van der Waals surface area contributed by atoms with E-state index in [0.29, 0.717) is 32.8 Å². The Morgan fingerprint density at radius 3 is 2.55 bits per heavy atom. The highest BCUT2D eigenvalue weighted by Gasteiger charge is 2.29. The summed E-state index contributed by atoms with van der Waals surface area (Å²) < 4.78 is 11.3. The number of phenols is 1. The molecule has 0 saturated carbocycles. The number of rotatable bonds is 5. The molecule has 0 spiro atoms. The third kappa shape index (κ3) is 3.81. The predicted molar refractivity (Wildman–Crippen MR) is 111 cm³/mol. The zero-order valence-electron chi connectivity index (χ0n) is 15.8. The zero-order valence-corrected chi connectivity index (χ0v) is 17.3. The number of hydrogen-bond donors (Lipinski definition) is 2. The van der Waals surface area contributed by atoms with Crippen LogP contribution in [0.15, 0.2) is 45.5 Å². The Morgan fingerprint density at radius 1 is 1.21 bits per heavy atom. The van der Waals surface area contributed by atoms with Gasteiger partial charge in [-0.2, -0.15) is 10.1 Å². The van der Waals surface area contributed by atoms with Gasteiger partial charge in [-0.25, -0.2) is 4.79 Å². The highest BCUT2D eigenvalue weighted by atomic mass is 79.9. The van der Waals surface area contributed by atoms with Crippen LogP contribution < -0.4 is 14.5 Å². The highest BCUT2D eigenvalue weighted by Crippen LogP contribution is 2.37. The van der Waals surface area contributed by atoms with Gasteiger partial charge < -0.3 is 19.7 Å². The Kier molecular flexibility index (Phi) is 5.60. The lowest BCUT2D eigenvalue weighted by Gasteiger charge is -2.13. The van der Waals surface area contributed by atoms with E-state index in [-0.39, 0.29) is 17.0 Å². The van der Waals surface area contributed by atoms with E-state index in [2.05, 4.69) is 21.0 Å². The van der Waals surface area contributed by atoms with E-state index in [1.807, 2.05) is 0 Å². The Labute approximate surface area is 174 Å². The standard InChI is InChI=1S/C20H17BrN2O6/c1-10-13(6-11-7-15(21)18(29-3)17(8-11)28-2)19(25)23(22-10)12-4-5-16(24)14(9-12)20(26)27/h4-9,24H,1-3H3,(H,26,27)/b13-6-. The summed E-state index contributed by atoms with van der Waals surface area (Å²) >= 11 is 3.42. The molecule has 2 N–H and O–H groups in total. The van der Waals surface area contributed by atoms with Crippen LogP contribution in [0.2, 0.25) is 0 Å². The van der Waals surface area contributed by atoms with Crippen LogP contribution in [0, 0.1) is 0 Å². The van der Waals surface area contributed by atoms with Crippen molar-refractivity contribution in [1.82, 2.24) is 0 Å². The van der Waals surface area contributed by atoms with Crippen LogP contribution in [0.3, 0.4) is 0 Å². The number of aromatic hydroxyl groups is 1. The summed E-state index contributed by atoms with van der Waals surface area (Å²) in [6.45, 7) is 1.68. The monoisotopic (exact) mass is 460 g/mol. The molecule has 29 heavy (non-hydrogen) atoms. The lowest BCUT2D eigenvalue weighted by atomic mass is 10.1. The predicted octanol–water partition coefficient (Wildman–Crippen LogP) is 3.68. The second-order valence-corrected chi connectivity index (χ2v) is 6.96. The van der Waals surface area contributed by atoms with Gasteiger partial charge in [-0.3, -0.25) is 4.79 Å². The number of carbonyl (C=O) groups is 2. The number of halogens is 1. The molecule has 0 fully saturated rings. The first-order valence-electron chi connectivity index (χ1n) is 8.36. The molecular formula is C20H17BrN2O6. The van der Waals surface area contributed by atoms with Crippen molar-refractivity contribution in [3.8, 4) is 17.2 Å². The van der Waals surface area contributed by atoms with Crippen molar-refractivity contribution in [3.05, 3.63) is 51.5 Å². The number of hydrogen-bond acceptors (Lipinski definition) is 6. The van der Waals surface area contributed by atoms with Gasteiger partial charge in [-0.1, -0.05) is 0 Å². The Bertz CT molecular complexity index is 1080. The van der Waals surface area contributed by atoms with Gasteiger partial charge in [0.05, 0.1) is 35.7 Å². The fraction of sp³-hybridized carbons (Fsp3) is 0.150. The molecule has 1 heterocycles. The fourth-order valence-electron chi connectivity index (χ4n) is 2.87. The van der Waals surface area contributed by atoms with Crippen molar-refractivity contribution in [1.29, 1.82) is 0 Å². The van der Waals surface area contributed by atoms with E-state index in [1.165, 1.54) is 32.4 Å². The van der Waals surface area contributed by atoms with Gasteiger partial charge in [0.1, 0.15) is 11.3 Å². The molecule has 150 valence electrons. The third-order valence-corrected chi connectivity index (χ3v) is 4.87. The summed E-state index contributed by atoms with van der Waals surface area (Å²) in [5.74, 6) is -1.09. The molecule has 1 aliphatic heterocycles. The first-order chi connectivity index (χ1) is 13.8. The molecule has 8 nitrogen and oxygen atoms in total. The number of carbonyl (C=O) groups excluding carboxylic acids is 1. The summed E-state index contributed by atoms with van der Waals surface area (Å²) in [7, 11) is 3.04. The van der Waals surface area contributed by atoms with Crippen molar-refractivity contribution in [2.75, 3.05) is 19.2 Å². The summed E-state index contributed by atoms with van der Waals surface area (Å²) in [4.78, 5) is 24.2. The van der Waals surface area contributed by atoms with E-state index in [9.17, 15) is 19.8 Å². The second kappa shape index (κ2) is 7.96. The number of anilines is 1. The Balaban J connectivity index is 2.00. The number of aromatic carboxylic acids is 1. The second-order valence-electron chi connectivity index (χ2n) is 6.11. The molecule has 3 rings (SSSR count). The van der Waals surface area contributed by atoms with Crippen molar-refractivity contribution >= 4 is 45.3 Å². The number of amides is 1. The van der Waals surface area contributed by atoms with Crippen molar-refractivity contribution < 1.29 is 29.3 Å². The first kappa shape index (κ1) is 20.4. The van der Waals surface area contributed by atoms with Crippen LogP contribution in [0.5, 0.6) is 17.2 Å². The molecular weight excluding hydrogens is 444 g/mol. The van der Waals surface area contributed by atoms with Crippen LogP contribution >= 0.6 is 15.9 Å². The summed E-state index contributed by atoms with van der Waals surface area (Å²) in [5.41, 5.74) is 1.41. The highest BCUT2D eigenvalue weighted by molar-refractivity contribution is 9.10. The number of hydrazone groups is 1. The Morgan fingerprint density at radius 2 is 1.93 bits per heavy atom. The molecule has 0 unspecified atom stereocenters. The van der Waals surface area contributed by atoms with Gasteiger partial charge in [-0.05, 0) is 64.8 Å². The average Bonchev–Trinajstić information content (AvgIpc) is 2.96. The van der Waals surface area contributed by atoms with Crippen molar-refractivity contribution in [2.45, 2.75) is 6.92 Å². The molecule has 0 bridgehead atoms. The van der Waals surface area contributed by atoms with Crippen LogP contribution in [0.25, 0.3) is 6.08 Å². The lowest BCUT2D eigenvalue weighted by Crippen LogP contribution is -2.21. The molecule has 0 aromatic heterocycles. The van der Waals surface area contributed by atoms with Gasteiger partial charge in [0.15, 0.2) is 11.5 Å². The van der Waals surface area contributed by atoms with Crippen molar-refractivity contribution in [2.24, 2.45) is 5.10 Å². The molecule has 2 aromatic carbocycles. The quantitative estimate of drug-likeness (QED) is 0.658. The smallest absolute Gasteiger partial charge is 0.339 e. The first-order valence-corrected chi connectivity index (χ1v) is 9.15. The van der Waals surface area contributed by atoms with E-state index in [0.717, 1.165) is 5.01 Å². The van der Waals surface area contributed by atoms with Crippen molar-refractivity contribution in [3.63, 3.8) is 0 Å². The van der Waals surface area contributed by atoms with Gasteiger partial charge in [-0.15, -0.1) is 0 Å². The minimum atomic E-state index is -1.30. The third-order valence-electron chi connectivity index (χ3n) is 4.28. The van der Waals surface area contributed by atoms with Gasteiger partial charge in [0.2, 0.25) is 0 Å². The van der Waals surface area contributed by atoms with Gasteiger partial charge >= 0.3 is 5.97 Å². The maximum absolute atomic E-state index is 12.9. The number of benzene rings is 2. The molecule has 0 aliphatic carbocycles. The van der Waals surface area contributed by atoms with Crippen LogP contribution in [-0.4, -0.2) is 42.0 Å². The molecule has 0 radical (unpaired) electrons. The molecule has 0 atom stereocenters. The number of carboxylic acid groups (broad SMARTS) is 1. The minimum absolute atomic E-state index is 0.237. The number of carboxylic acids is 1. The Hall–Kier alpha value is -3.33. The van der Waals surface area contributed by atoms with E-state index < -0.39 is 11.9 Å². The van der Waals surface area contributed by atoms with Gasteiger partial charge in [0, 0.05) is 0 Å². The molecule has 1 aliphatic rings. The average molecular weight is 461 g/mol. The van der Waals surface area contributed by atoms with Gasteiger partial charge in [0.25, 0.3) is 5.91 Å². The normalized spacial score (nSPS) is 14.9. The molecule has 0 saturated heterocycles. The largest absolute Gasteiger partial charge is 0.507 e. The van der Waals surface area contributed by atoms with E-state index in [4.69, 9.17) is 9.47 Å². The molecule has 2 aromatic rings. The number of ether oxygens (including phenoxy) is 2. The summed E-state index contributed by atoms with van der Waals surface area (Å²) in [5, 5.41) is 24.2. The lowest BCUT2D eigenvalue weighted by molar-refractivity contribution is -0.114. The molecule has 9 heteroatoms. The SMILES string of the molecule is COc1cc(/C=C2\C(=O)N(c3ccc(O)c(C(=O)O)c3)N=C2C)cc(Br)c1OC. The summed E-state index contributed by atoms with van der Waals surface area (Å²) in [6.07, 6.45) is 1.66. The van der Waals surface area contributed by atoms with Crippen LogP contribution in [-0.2, 0) is 4.79 Å². The number of nitrogens with zero attached hydrogens (tertiary/aromatic N) is 2. The summed E-state index contributed by atoms with van der Waals surface area (Å²) in [6, 6.07) is 7.34. The van der Waals surface area contributed by atoms with E-state index in [1.54, 1.807) is 25.1 Å². The molecule has 1 amide bonds. The van der Waals surface area contributed by atoms with E-state index >= 15 is 0 Å². The van der Waals surface area contributed by atoms with Crippen LogP contribution in [0.1, 0.15) is 22.8 Å². The number of methoxy groups -OCH3 is 2. The maximum atomic E-state index is 12.9. The van der Waals surface area contributed by atoms with Crippen LogP contribution in [0.4, 0.5) is 5.69 Å². The topological polar surface area (TPSA) is 109 Å². The maximum Gasteiger partial charge on any atom is 0.339 e.